The summed E-state index contributed by atoms with van der Waals surface area (Å²) in [6.07, 6.45) is 0.584. The standard InChI is InChI=1S/C25H25N3O2S/c1-27(2)19-12-13-22-21-10-6-7-11-23(21)25(24(22)16-19)26-28(18-8-4-3-5-9-18)20-14-15-31(29,30)17-20/h3-13,16,20H,14-15,17H2,1-2H3/b26-25+. The van der Waals surface area contributed by atoms with Gasteiger partial charge < -0.3 is 4.90 Å². The molecule has 0 spiro atoms. The Morgan fingerprint density at radius 1 is 0.806 bits per heavy atom. The van der Waals surface area contributed by atoms with Gasteiger partial charge in [0.25, 0.3) is 0 Å². The monoisotopic (exact) mass is 431 g/mol. The van der Waals surface area contributed by atoms with Gasteiger partial charge in [0.05, 0.1) is 28.9 Å². The van der Waals surface area contributed by atoms with Crippen LogP contribution < -0.4 is 9.91 Å². The first-order valence-corrected chi connectivity index (χ1v) is 12.3. The van der Waals surface area contributed by atoms with Gasteiger partial charge in [0.15, 0.2) is 9.84 Å². The number of benzene rings is 3. The average Bonchev–Trinajstić information content (AvgIpc) is 3.29. The number of hydrogen-bond donors (Lipinski definition) is 0. The van der Waals surface area contributed by atoms with Crippen LogP contribution in [0.3, 0.4) is 0 Å². The molecule has 31 heavy (non-hydrogen) atoms. The van der Waals surface area contributed by atoms with Gasteiger partial charge in [-0.3, -0.25) is 5.01 Å². The maximum Gasteiger partial charge on any atom is 0.152 e. The molecule has 3 aromatic carbocycles. The smallest absolute Gasteiger partial charge is 0.152 e. The molecular formula is C25H25N3O2S. The largest absolute Gasteiger partial charge is 0.378 e. The molecule has 1 saturated heterocycles. The quantitative estimate of drug-likeness (QED) is 0.455. The molecule has 5 nitrogen and oxygen atoms in total. The summed E-state index contributed by atoms with van der Waals surface area (Å²) in [7, 11) is 1.02. The molecule has 5 rings (SSSR count). The van der Waals surface area contributed by atoms with Gasteiger partial charge in [-0.2, -0.15) is 5.10 Å². The zero-order chi connectivity index (χ0) is 21.6. The summed E-state index contributed by atoms with van der Waals surface area (Å²) >= 11 is 0. The maximum absolute atomic E-state index is 12.2. The second kappa shape index (κ2) is 7.54. The lowest BCUT2D eigenvalue weighted by atomic mass is 10.1. The highest BCUT2D eigenvalue weighted by molar-refractivity contribution is 7.91. The van der Waals surface area contributed by atoms with Gasteiger partial charge in [-0.05, 0) is 41.8 Å². The van der Waals surface area contributed by atoms with Crippen molar-refractivity contribution in [1.29, 1.82) is 0 Å². The van der Waals surface area contributed by atoms with Crippen LogP contribution in [-0.2, 0) is 9.84 Å². The van der Waals surface area contributed by atoms with Gasteiger partial charge in [0.1, 0.15) is 0 Å². The summed E-state index contributed by atoms with van der Waals surface area (Å²) in [5, 5.41) is 7.07. The summed E-state index contributed by atoms with van der Waals surface area (Å²) < 4.78 is 24.5. The highest BCUT2D eigenvalue weighted by Gasteiger charge is 2.34. The fourth-order valence-corrected chi connectivity index (χ4v) is 6.12. The van der Waals surface area contributed by atoms with Crippen molar-refractivity contribution in [2.75, 3.05) is 35.5 Å². The van der Waals surface area contributed by atoms with E-state index in [9.17, 15) is 8.42 Å². The van der Waals surface area contributed by atoms with Gasteiger partial charge in [0, 0.05) is 30.9 Å². The third-order valence-electron chi connectivity index (χ3n) is 6.03. The van der Waals surface area contributed by atoms with Crippen LogP contribution in [0.15, 0.2) is 77.9 Å². The number of fused-ring (bicyclic) bond motifs is 3. The zero-order valence-corrected chi connectivity index (χ0v) is 18.5. The van der Waals surface area contributed by atoms with Crippen molar-refractivity contribution in [3.63, 3.8) is 0 Å². The lowest BCUT2D eigenvalue weighted by Crippen LogP contribution is -2.33. The second-order valence-corrected chi connectivity index (χ2v) is 10.6. The molecule has 0 radical (unpaired) electrons. The normalized spacial score (nSPS) is 19.8. The topological polar surface area (TPSA) is 53.0 Å². The fraction of sp³-hybridized carbons (Fsp3) is 0.240. The Balaban J connectivity index is 1.69. The first kappa shape index (κ1) is 19.8. The summed E-state index contributed by atoms with van der Waals surface area (Å²) in [5.41, 5.74) is 7.38. The third kappa shape index (κ3) is 3.61. The number of hydrazone groups is 1. The molecule has 6 heteroatoms. The van der Waals surface area contributed by atoms with E-state index in [2.05, 4.69) is 35.2 Å². The summed E-state index contributed by atoms with van der Waals surface area (Å²) in [6.45, 7) is 0. The average molecular weight is 432 g/mol. The molecule has 0 bridgehead atoms. The third-order valence-corrected chi connectivity index (χ3v) is 7.78. The van der Waals surface area contributed by atoms with E-state index < -0.39 is 9.84 Å². The first-order valence-electron chi connectivity index (χ1n) is 10.5. The van der Waals surface area contributed by atoms with E-state index in [1.807, 2.05) is 61.6 Å². The van der Waals surface area contributed by atoms with Crippen LogP contribution in [0.4, 0.5) is 11.4 Å². The molecule has 0 N–H and O–H groups in total. The number of hydrogen-bond acceptors (Lipinski definition) is 5. The van der Waals surface area contributed by atoms with Crippen molar-refractivity contribution < 1.29 is 8.42 Å². The van der Waals surface area contributed by atoms with Gasteiger partial charge in [-0.1, -0.05) is 48.5 Å². The van der Waals surface area contributed by atoms with E-state index in [1.54, 1.807) is 0 Å². The molecular weight excluding hydrogens is 406 g/mol. The Morgan fingerprint density at radius 2 is 1.48 bits per heavy atom. The minimum absolute atomic E-state index is 0.130. The second-order valence-electron chi connectivity index (χ2n) is 8.36. The molecule has 0 amide bonds. The fourth-order valence-electron chi connectivity index (χ4n) is 4.43. The van der Waals surface area contributed by atoms with E-state index in [0.29, 0.717) is 6.42 Å². The minimum Gasteiger partial charge on any atom is -0.378 e. The molecule has 1 fully saturated rings. The van der Waals surface area contributed by atoms with Crippen LogP contribution in [0.2, 0.25) is 0 Å². The Hall–Kier alpha value is -3.12. The number of anilines is 2. The molecule has 1 heterocycles. The number of sulfone groups is 1. The van der Waals surface area contributed by atoms with Gasteiger partial charge in [0.2, 0.25) is 0 Å². The van der Waals surface area contributed by atoms with E-state index in [1.165, 1.54) is 0 Å². The molecule has 0 aromatic heterocycles. The minimum atomic E-state index is -3.04. The number of para-hydroxylation sites is 1. The van der Waals surface area contributed by atoms with E-state index in [-0.39, 0.29) is 17.5 Å². The van der Waals surface area contributed by atoms with Crippen molar-refractivity contribution in [3.05, 3.63) is 83.9 Å². The lowest BCUT2D eigenvalue weighted by molar-refractivity contribution is 0.600. The Morgan fingerprint density at radius 3 is 2.16 bits per heavy atom. The highest BCUT2D eigenvalue weighted by atomic mass is 32.2. The molecule has 1 aliphatic carbocycles. The predicted molar refractivity (Wildman–Crippen MR) is 128 cm³/mol. The van der Waals surface area contributed by atoms with Crippen LogP contribution in [-0.4, -0.2) is 45.8 Å². The SMILES string of the molecule is CN(C)c1ccc2c(c1)/C(=N/N(c1ccccc1)C1CCS(=O)(=O)C1)c1ccccc1-2. The molecule has 1 aliphatic heterocycles. The van der Waals surface area contributed by atoms with Crippen molar-refractivity contribution in [2.45, 2.75) is 12.5 Å². The number of nitrogens with zero attached hydrogens (tertiary/aromatic N) is 3. The van der Waals surface area contributed by atoms with Crippen molar-refractivity contribution >= 4 is 26.9 Å². The Bertz CT molecular complexity index is 1270. The van der Waals surface area contributed by atoms with E-state index in [0.717, 1.165) is 39.3 Å². The van der Waals surface area contributed by atoms with Gasteiger partial charge in [-0.15, -0.1) is 0 Å². The van der Waals surface area contributed by atoms with Crippen LogP contribution in [0, 0.1) is 0 Å². The van der Waals surface area contributed by atoms with Crippen LogP contribution in [0.1, 0.15) is 17.5 Å². The van der Waals surface area contributed by atoms with Crippen LogP contribution in [0.5, 0.6) is 0 Å². The number of rotatable bonds is 4. The predicted octanol–water partition coefficient (Wildman–Crippen LogP) is 4.18. The Kier molecular flexibility index (Phi) is 4.82. The van der Waals surface area contributed by atoms with E-state index >= 15 is 0 Å². The molecule has 0 saturated carbocycles. The van der Waals surface area contributed by atoms with Crippen molar-refractivity contribution in [2.24, 2.45) is 5.10 Å². The van der Waals surface area contributed by atoms with Gasteiger partial charge in [-0.25, -0.2) is 8.42 Å². The summed E-state index contributed by atoms with van der Waals surface area (Å²) in [6, 6.07) is 24.4. The van der Waals surface area contributed by atoms with Crippen LogP contribution >= 0.6 is 0 Å². The summed E-state index contributed by atoms with van der Waals surface area (Å²) in [4.78, 5) is 2.08. The zero-order valence-electron chi connectivity index (χ0n) is 17.7. The van der Waals surface area contributed by atoms with Crippen molar-refractivity contribution in [1.82, 2.24) is 0 Å². The van der Waals surface area contributed by atoms with Crippen LogP contribution in [0.25, 0.3) is 11.1 Å². The molecule has 3 aromatic rings. The molecule has 158 valence electrons. The molecule has 1 unspecified atom stereocenters. The first-order chi connectivity index (χ1) is 14.9. The van der Waals surface area contributed by atoms with E-state index in [4.69, 9.17) is 5.10 Å². The Labute approximate surface area is 183 Å². The van der Waals surface area contributed by atoms with Gasteiger partial charge >= 0.3 is 0 Å². The van der Waals surface area contributed by atoms with Crippen molar-refractivity contribution in [3.8, 4) is 11.1 Å². The molecule has 2 aliphatic rings. The molecule has 1 atom stereocenters. The highest BCUT2D eigenvalue weighted by Crippen LogP contribution is 2.39. The lowest BCUT2D eigenvalue weighted by Gasteiger charge is -2.26. The maximum atomic E-state index is 12.2. The summed E-state index contributed by atoms with van der Waals surface area (Å²) in [5.74, 6) is 0.342.